The Kier molecular flexibility index (Phi) is 5.86. The fraction of sp³-hybridized carbons (Fsp3) is 0.273. The van der Waals surface area contributed by atoms with E-state index in [4.69, 9.17) is 0 Å². The van der Waals surface area contributed by atoms with E-state index in [-0.39, 0.29) is 30.8 Å². The first-order valence-corrected chi connectivity index (χ1v) is 9.54. The third kappa shape index (κ3) is 4.83. The topological polar surface area (TPSA) is 108 Å². The number of anilines is 2. The second-order valence-electron chi connectivity index (χ2n) is 8.03. The third-order valence-corrected chi connectivity index (χ3v) is 4.61. The van der Waals surface area contributed by atoms with E-state index in [1.807, 2.05) is 20.8 Å². The predicted molar refractivity (Wildman–Crippen MR) is 113 cm³/mol. The van der Waals surface area contributed by atoms with E-state index in [2.05, 4.69) is 16.0 Å². The molecule has 30 heavy (non-hydrogen) atoms. The third-order valence-electron chi connectivity index (χ3n) is 4.61. The molecule has 3 N–H and O–H groups in total. The molecule has 8 heteroatoms. The number of carbonyl (C=O) groups excluding carboxylic acids is 4. The van der Waals surface area contributed by atoms with E-state index in [9.17, 15) is 19.2 Å². The van der Waals surface area contributed by atoms with Crippen molar-refractivity contribution in [2.24, 2.45) is 5.41 Å². The van der Waals surface area contributed by atoms with Crippen LogP contribution >= 0.6 is 0 Å². The zero-order valence-electron chi connectivity index (χ0n) is 17.1. The molecule has 0 spiro atoms. The average Bonchev–Trinajstić information content (AvgIpc) is 3.01. The molecule has 1 fully saturated rings. The fourth-order valence-corrected chi connectivity index (χ4v) is 2.82. The number of hydrogen-bond acceptors (Lipinski definition) is 4. The Morgan fingerprint density at radius 1 is 0.967 bits per heavy atom. The van der Waals surface area contributed by atoms with Crippen LogP contribution in [-0.2, 0) is 16.1 Å². The van der Waals surface area contributed by atoms with Gasteiger partial charge in [-0.05, 0) is 35.9 Å². The summed E-state index contributed by atoms with van der Waals surface area (Å²) < 4.78 is 0. The van der Waals surface area contributed by atoms with Crippen molar-refractivity contribution in [3.63, 3.8) is 0 Å². The highest BCUT2D eigenvalue weighted by atomic mass is 16.2. The van der Waals surface area contributed by atoms with Gasteiger partial charge in [-0.1, -0.05) is 39.0 Å². The molecular formula is C22H24N4O4. The molecule has 156 valence electrons. The first kappa shape index (κ1) is 21.0. The quantitative estimate of drug-likeness (QED) is 0.661. The monoisotopic (exact) mass is 408 g/mol. The van der Waals surface area contributed by atoms with Gasteiger partial charge in [0.25, 0.3) is 5.91 Å². The summed E-state index contributed by atoms with van der Waals surface area (Å²) in [6, 6.07) is 13.1. The Bertz CT molecular complexity index is 977. The Labute approximate surface area is 174 Å². The van der Waals surface area contributed by atoms with Crippen LogP contribution < -0.4 is 16.0 Å². The van der Waals surface area contributed by atoms with Crippen LogP contribution in [0, 0.1) is 5.41 Å². The number of carbonyl (C=O) groups is 4. The van der Waals surface area contributed by atoms with Gasteiger partial charge in [-0.2, -0.15) is 0 Å². The molecule has 5 amide bonds. The second-order valence-corrected chi connectivity index (χ2v) is 8.03. The molecule has 0 unspecified atom stereocenters. The smallest absolute Gasteiger partial charge is 0.324 e. The maximum atomic E-state index is 12.8. The number of benzene rings is 2. The first-order chi connectivity index (χ1) is 14.1. The van der Waals surface area contributed by atoms with Crippen LogP contribution in [0.25, 0.3) is 0 Å². The fourth-order valence-electron chi connectivity index (χ4n) is 2.82. The summed E-state index contributed by atoms with van der Waals surface area (Å²) in [5, 5.41) is 8.09. The summed E-state index contributed by atoms with van der Waals surface area (Å²) in [5.41, 5.74) is 1.61. The number of nitrogens with zero attached hydrogens (tertiary/aromatic N) is 1. The first-order valence-electron chi connectivity index (χ1n) is 9.54. The number of urea groups is 1. The highest BCUT2D eigenvalue weighted by Gasteiger charge is 2.29. The molecule has 0 bridgehead atoms. The lowest BCUT2D eigenvalue weighted by Crippen LogP contribution is -2.31. The van der Waals surface area contributed by atoms with Gasteiger partial charge in [-0.3, -0.25) is 19.3 Å². The van der Waals surface area contributed by atoms with Crippen LogP contribution in [0.2, 0.25) is 0 Å². The van der Waals surface area contributed by atoms with Gasteiger partial charge >= 0.3 is 6.03 Å². The average molecular weight is 408 g/mol. The van der Waals surface area contributed by atoms with Crippen LogP contribution in [-0.4, -0.2) is 35.2 Å². The van der Waals surface area contributed by atoms with Crippen molar-refractivity contribution < 1.29 is 19.2 Å². The van der Waals surface area contributed by atoms with E-state index in [1.165, 1.54) is 0 Å². The minimum atomic E-state index is -0.510. The molecular weight excluding hydrogens is 384 g/mol. The Balaban J connectivity index is 1.70. The van der Waals surface area contributed by atoms with Crippen molar-refractivity contribution in [3.8, 4) is 0 Å². The molecule has 2 aromatic rings. The van der Waals surface area contributed by atoms with Crippen molar-refractivity contribution in [1.82, 2.24) is 10.2 Å². The lowest BCUT2D eigenvalue weighted by molar-refractivity contribution is -0.125. The molecule has 0 aliphatic carbocycles. The van der Waals surface area contributed by atoms with E-state index in [0.29, 0.717) is 22.5 Å². The minimum Gasteiger partial charge on any atom is -0.329 e. The van der Waals surface area contributed by atoms with E-state index in [1.54, 1.807) is 48.5 Å². The summed E-state index contributed by atoms with van der Waals surface area (Å²) in [4.78, 5) is 49.6. The highest BCUT2D eigenvalue weighted by Crippen LogP contribution is 2.20. The molecule has 0 atom stereocenters. The largest absolute Gasteiger partial charge is 0.329 e. The van der Waals surface area contributed by atoms with Gasteiger partial charge in [0.15, 0.2) is 0 Å². The standard InChI is InChI=1S/C22H24N4O4/c1-22(2,3)20(29)25-16-10-8-15(9-11-16)24-19(28)17-7-5-4-6-14(17)13-26-18(27)12-23-21(26)30/h4-11H,12-13H2,1-3H3,(H,23,30)(H,24,28)(H,25,29). The molecule has 0 saturated carbocycles. The number of amides is 5. The zero-order chi connectivity index (χ0) is 21.9. The van der Waals surface area contributed by atoms with Gasteiger partial charge in [-0.25, -0.2) is 4.79 Å². The van der Waals surface area contributed by atoms with Crippen molar-refractivity contribution in [2.45, 2.75) is 27.3 Å². The van der Waals surface area contributed by atoms with Gasteiger partial charge in [0.2, 0.25) is 11.8 Å². The minimum absolute atomic E-state index is 0.0199. The molecule has 0 radical (unpaired) electrons. The van der Waals surface area contributed by atoms with Crippen LogP contribution in [0.3, 0.4) is 0 Å². The van der Waals surface area contributed by atoms with Crippen LogP contribution in [0.15, 0.2) is 48.5 Å². The normalized spacial score (nSPS) is 13.8. The zero-order valence-corrected chi connectivity index (χ0v) is 17.1. The Hall–Kier alpha value is -3.68. The van der Waals surface area contributed by atoms with Gasteiger partial charge in [0.1, 0.15) is 0 Å². The van der Waals surface area contributed by atoms with E-state index >= 15 is 0 Å². The van der Waals surface area contributed by atoms with Gasteiger partial charge in [0, 0.05) is 22.4 Å². The van der Waals surface area contributed by atoms with Crippen molar-refractivity contribution in [3.05, 3.63) is 59.7 Å². The summed E-state index contributed by atoms with van der Waals surface area (Å²) in [5.74, 6) is -0.791. The van der Waals surface area contributed by atoms with Gasteiger partial charge in [0.05, 0.1) is 13.1 Å². The summed E-state index contributed by atoms with van der Waals surface area (Å²) in [6.07, 6.45) is 0. The number of imide groups is 1. The molecule has 1 aliphatic heterocycles. The summed E-state index contributed by atoms with van der Waals surface area (Å²) >= 11 is 0. The molecule has 8 nitrogen and oxygen atoms in total. The molecule has 3 rings (SSSR count). The van der Waals surface area contributed by atoms with Gasteiger partial charge < -0.3 is 16.0 Å². The SMILES string of the molecule is CC(C)(C)C(=O)Nc1ccc(NC(=O)c2ccccc2CN2C(=O)CNC2=O)cc1. The van der Waals surface area contributed by atoms with Crippen molar-refractivity contribution in [1.29, 1.82) is 0 Å². The molecule has 1 aliphatic rings. The lowest BCUT2D eigenvalue weighted by Gasteiger charge is -2.18. The maximum absolute atomic E-state index is 12.8. The highest BCUT2D eigenvalue weighted by molar-refractivity contribution is 6.06. The number of hydrogen-bond donors (Lipinski definition) is 3. The lowest BCUT2D eigenvalue weighted by atomic mass is 9.95. The van der Waals surface area contributed by atoms with E-state index < -0.39 is 11.4 Å². The van der Waals surface area contributed by atoms with Crippen LogP contribution in [0.4, 0.5) is 16.2 Å². The Morgan fingerprint density at radius 2 is 1.57 bits per heavy atom. The summed E-state index contributed by atoms with van der Waals surface area (Å²) in [7, 11) is 0. The van der Waals surface area contributed by atoms with E-state index in [0.717, 1.165) is 4.90 Å². The van der Waals surface area contributed by atoms with Crippen LogP contribution in [0.1, 0.15) is 36.7 Å². The Morgan fingerprint density at radius 3 is 2.13 bits per heavy atom. The van der Waals surface area contributed by atoms with Crippen molar-refractivity contribution >= 4 is 35.1 Å². The number of nitrogens with one attached hydrogen (secondary N) is 3. The number of rotatable bonds is 5. The maximum Gasteiger partial charge on any atom is 0.324 e. The second kappa shape index (κ2) is 8.36. The van der Waals surface area contributed by atoms with Crippen molar-refractivity contribution in [2.75, 3.05) is 17.2 Å². The summed E-state index contributed by atoms with van der Waals surface area (Å²) in [6.45, 7) is 5.46. The molecule has 1 saturated heterocycles. The van der Waals surface area contributed by atoms with Gasteiger partial charge in [-0.15, -0.1) is 0 Å². The predicted octanol–water partition coefficient (Wildman–Crippen LogP) is 2.98. The molecule has 0 aromatic heterocycles. The molecule has 2 aromatic carbocycles. The van der Waals surface area contributed by atoms with Crippen LogP contribution in [0.5, 0.6) is 0 Å². The molecule has 1 heterocycles.